The summed E-state index contributed by atoms with van der Waals surface area (Å²) >= 11 is 3.23. The number of rotatable bonds is 9. The number of ether oxygens (including phenoxy) is 3. The summed E-state index contributed by atoms with van der Waals surface area (Å²) in [6, 6.07) is 15.7. The fourth-order valence-corrected chi connectivity index (χ4v) is 2.36. The second kappa shape index (κ2) is 9.98. The van der Waals surface area contributed by atoms with Crippen LogP contribution in [0.1, 0.15) is 17.5 Å². The molecule has 0 fully saturated rings. The molecule has 0 saturated heterocycles. The minimum absolute atomic E-state index is 0.197. The summed E-state index contributed by atoms with van der Waals surface area (Å²) in [5.41, 5.74) is 2.10. The SMILES string of the molecule is COc1ccc(CCC(=O)OCCBr)cc1OCc1ccccc1. The maximum atomic E-state index is 11.6. The van der Waals surface area contributed by atoms with Gasteiger partial charge in [-0.3, -0.25) is 4.79 Å². The molecule has 0 unspecified atom stereocenters. The van der Waals surface area contributed by atoms with Crippen LogP contribution in [0.15, 0.2) is 48.5 Å². The molecule has 0 aliphatic heterocycles. The van der Waals surface area contributed by atoms with Gasteiger partial charge in [-0.1, -0.05) is 52.3 Å². The van der Waals surface area contributed by atoms with E-state index in [9.17, 15) is 4.79 Å². The largest absolute Gasteiger partial charge is 0.493 e. The van der Waals surface area contributed by atoms with Crippen LogP contribution in [0.2, 0.25) is 0 Å². The standard InChI is InChI=1S/C19H21BrO4/c1-22-17-9-7-15(8-10-19(21)23-12-11-20)13-18(17)24-14-16-5-3-2-4-6-16/h2-7,9,13H,8,10-12,14H2,1H3. The summed E-state index contributed by atoms with van der Waals surface area (Å²) in [6.45, 7) is 0.862. The molecule has 0 saturated carbocycles. The fraction of sp³-hybridized carbons (Fsp3) is 0.316. The summed E-state index contributed by atoms with van der Waals surface area (Å²) in [5.74, 6) is 1.15. The second-order valence-corrected chi connectivity index (χ2v) is 5.96. The number of esters is 1. The molecule has 4 nitrogen and oxygen atoms in total. The number of carbonyl (C=O) groups is 1. The lowest BCUT2D eigenvalue weighted by atomic mass is 10.1. The molecule has 0 aliphatic carbocycles. The molecule has 0 amide bonds. The summed E-state index contributed by atoms with van der Waals surface area (Å²) in [7, 11) is 1.61. The molecule has 0 spiro atoms. The Morgan fingerprint density at radius 3 is 2.54 bits per heavy atom. The van der Waals surface area contributed by atoms with Crippen molar-refractivity contribution in [2.24, 2.45) is 0 Å². The molecule has 5 heteroatoms. The molecule has 0 bridgehead atoms. The Labute approximate surface area is 150 Å². The van der Waals surface area contributed by atoms with E-state index in [2.05, 4.69) is 15.9 Å². The van der Waals surface area contributed by atoms with Crippen LogP contribution in [0.4, 0.5) is 0 Å². The van der Waals surface area contributed by atoms with Crippen molar-refractivity contribution in [3.63, 3.8) is 0 Å². The first-order valence-corrected chi connectivity index (χ1v) is 8.90. The highest BCUT2D eigenvalue weighted by Gasteiger charge is 2.09. The van der Waals surface area contributed by atoms with E-state index in [1.807, 2.05) is 48.5 Å². The van der Waals surface area contributed by atoms with Crippen molar-refractivity contribution < 1.29 is 19.0 Å². The number of hydrogen-bond donors (Lipinski definition) is 0. The number of halogens is 1. The van der Waals surface area contributed by atoms with Gasteiger partial charge in [0.25, 0.3) is 0 Å². The molecule has 2 aromatic carbocycles. The highest BCUT2D eigenvalue weighted by atomic mass is 79.9. The van der Waals surface area contributed by atoms with E-state index in [1.54, 1.807) is 7.11 Å². The smallest absolute Gasteiger partial charge is 0.306 e. The molecule has 0 radical (unpaired) electrons. The van der Waals surface area contributed by atoms with Gasteiger partial charge in [-0.05, 0) is 29.7 Å². The van der Waals surface area contributed by atoms with Gasteiger partial charge >= 0.3 is 5.97 Å². The summed E-state index contributed by atoms with van der Waals surface area (Å²) < 4.78 is 16.3. The van der Waals surface area contributed by atoms with Gasteiger partial charge in [0, 0.05) is 11.8 Å². The zero-order valence-corrected chi connectivity index (χ0v) is 15.3. The van der Waals surface area contributed by atoms with Crippen LogP contribution in [-0.4, -0.2) is 25.0 Å². The van der Waals surface area contributed by atoms with E-state index in [0.717, 1.165) is 11.1 Å². The van der Waals surface area contributed by atoms with Gasteiger partial charge in [0.05, 0.1) is 7.11 Å². The Morgan fingerprint density at radius 1 is 1.04 bits per heavy atom. The van der Waals surface area contributed by atoms with Gasteiger partial charge in [0.2, 0.25) is 0 Å². The molecule has 0 atom stereocenters. The van der Waals surface area contributed by atoms with Crippen LogP contribution < -0.4 is 9.47 Å². The van der Waals surface area contributed by atoms with E-state index < -0.39 is 0 Å². The highest BCUT2D eigenvalue weighted by molar-refractivity contribution is 9.09. The maximum absolute atomic E-state index is 11.6. The Bertz CT molecular complexity index is 643. The van der Waals surface area contributed by atoms with E-state index in [4.69, 9.17) is 14.2 Å². The Kier molecular flexibility index (Phi) is 7.62. The average molecular weight is 393 g/mol. The van der Waals surface area contributed by atoms with Crippen molar-refractivity contribution in [1.29, 1.82) is 0 Å². The van der Waals surface area contributed by atoms with Crippen molar-refractivity contribution in [2.45, 2.75) is 19.4 Å². The van der Waals surface area contributed by atoms with Gasteiger partial charge < -0.3 is 14.2 Å². The lowest BCUT2D eigenvalue weighted by Crippen LogP contribution is -2.07. The van der Waals surface area contributed by atoms with Gasteiger partial charge in [-0.15, -0.1) is 0 Å². The number of benzene rings is 2. The number of aryl methyl sites for hydroxylation is 1. The van der Waals surface area contributed by atoms with E-state index in [0.29, 0.717) is 42.9 Å². The summed E-state index contributed by atoms with van der Waals surface area (Å²) in [5, 5.41) is 0.652. The molecule has 0 heterocycles. The summed E-state index contributed by atoms with van der Waals surface area (Å²) in [6.07, 6.45) is 0.949. The molecule has 0 aromatic heterocycles. The van der Waals surface area contributed by atoms with E-state index >= 15 is 0 Å². The molecule has 2 aromatic rings. The molecule has 24 heavy (non-hydrogen) atoms. The quantitative estimate of drug-likeness (QED) is 0.475. The first-order chi connectivity index (χ1) is 11.7. The normalized spacial score (nSPS) is 10.2. The van der Waals surface area contributed by atoms with Crippen LogP contribution in [0.5, 0.6) is 11.5 Å². The molecule has 128 valence electrons. The molecule has 0 aliphatic rings. The van der Waals surface area contributed by atoms with Crippen molar-refractivity contribution in [3.8, 4) is 11.5 Å². The lowest BCUT2D eigenvalue weighted by molar-refractivity contribution is -0.142. The summed E-state index contributed by atoms with van der Waals surface area (Å²) in [4.78, 5) is 11.6. The second-order valence-electron chi connectivity index (χ2n) is 5.17. The third kappa shape index (κ3) is 5.89. The first-order valence-electron chi connectivity index (χ1n) is 7.78. The Balaban J connectivity index is 1.97. The van der Waals surface area contributed by atoms with Crippen molar-refractivity contribution in [1.82, 2.24) is 0 Å². The van der Waals surface area contributed by atoms with Gasteiger partial charge in [0.1, 0.15) is 13.2 Å². The van der Waals surface area contributed by atoms with Crippen molar-refractivity contribution >= 4 is 21.9 Å². The topological polar surface area (TPSA) is 44.8 Å². The third-order valence-electron chi connectivity index (χ3n) is 3.42. The Hall–Kier alpha value is -2.01. The fourth-order valence-electron chi connectivity index (χ4n) is 2.20. The van der Waals surface area contributed by atoms with Crippen LogP contribution >= 0.6 is 15.9 Å². The zero-order chi connectivity index (χ0) is 17.2. The van der Waals surface area contributed by atoms with E-state index in [1.165, 1.54) is 0 Å². The predicted molar refractivity (Wildman–Crippen MR) is 96.8 cm³/mol. The van der Waals surface area contributed by atoms with Gasteiger partial charge in [0.15, 0.2) is 11.5 Å². The zero-order valence-electron chi connectivity index (χ0n) is 13.7. The highest BCUT2D eigenvalue weighted by Crippen LogP contribution is 2.29. The van der Waals surface area contributed by atoms with Crippen LogP contribution in [0.25, 0.3) is 0 Å². The van der Waals surface area contributed by atoms with Crippen molar-refractivity contribution in [2.75, 3.05) is 19.0 Å². The molecule has 2 rings (SSSR count). The Morgan fingerprint density at radius 2 is 1.83 bits per heavy atom. The van der Waals surface area contributed by atoms with Gasteiger partial charge in [-0.2, -0.15) is 0 Å². The monoisotopic (exact) mass is 392 g/mol. The maximum Gasteiger partial charge on any atom is 0.306 e. The third-order valence-corrected chi connectivity index (χ3v) is 3.75. The van der Waals surface area contributed by atoms with E-state index in [-0.39, 0.29) is 5.97 Å². The lowest BCUT2D eigenvalue weighted by Gasteiger charge is -2.12. The van der Waals surface area contributed by atoms with Gasteiger partial charge in [-0.25, -0.2) is 0 Å². The van der Waals surface area contributed by atoms with Crippen LogP contribution in [0, 0.1) is 0 Å². The molecular weight excluding hydrogens is 372 g/mol. The predicted octanol–water partition coefficient (Wildman–Crippen LogP) is 4.14. The molecule has 0 N–H and O–H groups in total. The number of methoxy groups -OCH3 is 1. The number of carbonyl (C=O) groups excluding carboxylic acids is 1. The number of alkyl halides is 1. The first kappa shape index (κ1) is 18.3. The minimum atomic E-state index is -0.197. The minimum Gasteiger partial charge on any atom is -0.493 e. The van der Waals surface area contributed by atoms with Crippen LogP contribution in [0.3, 0.4) is 0 Å². The average Bonchev–Trinajstić information content (AvgIpc) is 2.63. The number of hydrogen-bond acceptors (Lipinski definition) is 4. The van der Waals surface area contributed by atoms with Crippen LogP contribution in [-0.2, 0) is 22.6 Å². The van der Waals surface area contributed by atoms with Crippen molar-refractivity contribution in [3.05, 3.63) is 59.7 Å². The molecular formula is C19H21BrO4.